The number of anilines is 2. The predicted octanol–water partition coefficient (Wildman–Crippen LogP) is 4.30. The van der Waals surface area contributed by atoms with Crippen molar-refractivity contribution < 1.29 is 0 Å². The first-order chi connectivity index (χ1) is 17.7. The molecule has 0 amide bonds. The summed E-state index contributed by atoms with van der Waals surface area (Å²) in [5.74, 6) is 2.23. The van der Waals surface area contributed by atoms with Crippen LogP contribution in [0.15, 0.2) is 30.9 Å². The van der Waals surface area contributed by atoms with Gasteiger partial charge in [-0.3, -0.25) is 4.98 Å². The van der Waals surface area contributed by atoms with Gasteiger partial charge in [-0.2, -0.15) is 9.97 Å². The summed E-state index contributed by atoms with van der Waals surface area (Å²) < 4.78 is 2.29. The largest absolute Gasteiger partial charge is 0.351 e. The number of hydrazine groups is 1. The highest BCUT2D eigenvalue weighted by Gasteiger charge is 2.26. The topological polar surface area (TPSA) is 110 Å². The van der Waals surface area contributed by atoms with Crippen molar-refractivity contribution in [3.05, 3.63) is 36.4 Å². The second-order valence-corrected chi connectivity index (χ2v) is 11.0. The molecule has 9 nitrogen and oxygen atoms in total. The summed E-state index contributed by atoms with van der Waals surface area (Å²) >= 11 is 0. The van der Waals surface area contributed by atoms with Crippen molar-refractivity contribution in [2.75, 3.05) is 23.8 Å². The van der Waals surface area contributed by atoms with Crippen LogP contribution in [0.1, 0.15) is 75.8 Å². The minimum absolute atomic E-state index is 0.328. The normalized spacial score (nSPS) is 24.4. The molecule has 3 aromatic rings. The Hall–Kier alpha value is -2.78. The van der Waals surface area contributed by atoms with Crippen LogP contribution in [0, 0.1) is 5.92 Å². The third-order valence-electron chi connectivity index (χ3n) is 8.40. The van der Waals surface area contributed by atoms with Crippen LogP contribution in [-0.4, -0.2) is 54.7 Å². The fourth-order valence-electron chi connectivity index (χ4n) is 6.21. The Balaban J connectivity index is 1.19. The highest BCUT2D eigenvalue weighted by molar-refractivity contribution is 5.84. The molecule has 6 rings (SSSR count). The number of hydrogen-bond acceptors (Lipinski definition) is 8. The van der Waals surface area contributed by atoms with E-state index in [4.69, 9.17) is 20.7 Å². The average molecular weight is 490 g/mol. The molecule has 36 heavy (non-hydrogen) atoms. The summed E-state index contributed by atoms with van der Waals surface area (Å²) in [5.41, 5.74) is 13.0. The van der Waals surface area contributed by atoms with Gasteiger partial charge in [0.2, 0.25) is 5.95 Å². The first-order valence-corrected chi connectivity index (χ1v) is 13.9. The number of rotatable bonds is 7. The highest BCUT2D eigenvalue weighted by atomic mass is 15.5. The molecular weight excluding hydrogens is 450 g/mol. The van der Waals surface area contributed by atoms with E-state index in [0.29, 0.717) is 30.0 Å². The van der Waals surface area contributed by atoms with Crippen LogP contribution >= 0.6 is 0 Å². The molecule has 3 fully saturated rings. The lowest BCUT2D eigenvalue weighted by atomic mass is 9.91. The van der Waals surface area contributed by atoms with Crippen molar-refractivity contribution in [1.29, 1.82) is 0 Å². The van der Waals surface area contributed by atoms with Gasteiger partial charge in [0.05, 0.1) is 6.33 Å². The Morgan fingerprint density at radius 2 is 1.67 bits per heavy atom. The van der Waals surface area contributed by atoms with Gasteiger partial charge in [-0.1, -0.05) is 12.8 Å². The molecule has 0 unspecified atom stereocenters. The lowest BCUT2D eigenvalue weighted by Gasteiger charge is -2.32. The molecule has 0 radical (unpaired) electrons. The summed E-state index contributed by atoms with van der Waals surface area (Å²) in [6.07, 6.45) is 18.4. The first kappa shape index (κ1) is 23.6. The van der Waals surface area contributed by atoms with Gasteiger partial charge >= 0.3 is 0 Å². The molecule has 4 N–H and O–H groups in total. The number of aromatic nitrogens is 5. The molecule has 192 valence electrons. The molecule has 4 heterocycles. The summed E-state index contributed by atoms with van der Waals surface area (Å²) in [5, 5.41) is 5.94. The standard InChI is InChI=1S/C27H39N9/c28-21-5-7-22(8-6-21)31-27-32-25(24-26(33-27)36(18-30-24)23-3-1-2-4-23)34-35-15-11-20(12-16-35)17-19-9-13-29-14-10-19/h9-10,13-14,18,20-23H,1-8,11-12,15-17,28H2,(H2,31,32,33,34). The van der Waals surface area contributed by atoms with E-state index in [-0.39, 0.29) is 0 Å². The van der Waals surface area contributed by atoms with Crippen LogP contribution in [0.3, 0.4) is 0 Å². The van der Waals surface area contributed by atoms with Crippen molar-refractivity contribution in [1.82, 2.24) is 29.5 Å². The monoisotopic (exact) mass is 489 g/mol. The van der Waals surface area contributed by atoms with Crippen LogP contribution < -0.4 is 16.5 Å². The van der Waals surface area contributed by atoms with E-state index in [1.807, 2.05) is 18.7 Å². The van der Waals surface area contributed by atoms with Gasteiger partial charge in [0.15, 0.2) is 17.0 Å². The van der Waals surface area contributed by atoms with E-state index in [1.165, 1.54) is 31.2 Å². The van der Waals surface area contributed by atoms with Crippen molar-refractivity contribution >= 4 is 22.9 Å². The van der Waals surface area contributed by atoms with Crippen molar-refractivity contribution in [2.45, 2.75) is 88.8 Å². The van der Waals surface area contributed by atoms with Gasteiger partial charge in [0, 0.05) is 43.6 Å². The highest BCUT2D eigenvalue weighted by Crippen LogP contribution is 2.34. The van der Waals surface area contributed by atoms with Crippen LogP contribution in [-0.2, 0) is 6.42 Å². The number of fused-ring (bicyclic) bond motifs is 1. The number of piperidine rings is 1. The van der Waals surface area contributed by atoms with Gasteiger partial charge in [-0.05, 0) is 81.4 Å². The zero-order valence-corrected chi connectivity index (χ0v) is 21.1. The predicted molar refractivity (Wildman–Crippen MR) is 143 cm³/mol. The average Bonchev–Trinajstić information content (AvgIpc) is 3.58. The van der Waals surface area contributed by atoms with Gasteiger partial charge < -0.3 is 21.0 Å². The molecule has 1 saturated heterocycles. The summed E-state index contributed by atoms with van der Waals surface area (Å²) in [7, 11) is 0. The minimum Gasteiger partial charge on any atom is -0.351 e. The van der Waals surface area contributed by atoms with E-state index in [1.54, 1.807) is 0 Å². The number of imidazole rings is 1. The van der Waals surface area contributed by atoms with Gasteiger partial charge in [0.1, 0.15) is 0 Å². The third kappa shape index (κ3) is 5.32. The van der Waals surface area contributed by atoms with Gasteiger partial charge in [0.25, 0.3) is 0 Å². The fraction of sp³-hybridized carbons (Fsp3) is 0.630. The summed E-state index contributed by atoms with van der Waals surface area (Å²) in [4.78, 5) is 18.9. The smallest absolute Gasteiger partial charge is 0.227 e. The van der Waals surface area contributed by atoms with E-state index >= 15 is 0 Å². The molecule has 1 aliphatic heterocycles. The van der Waals surface area contributed by atoms with Crippen LogP contribution in [0.25, 0.3) is 11.2 Å². The number of hydrogen-bond donors (Lipinski definition) is 3. The zero-order valence-electron chi connectivity index (χ0n) is 21.1. The quantitative estimate of drug-likeness (QED) is 0.451. The lowest BCUT2D eigenvalue weighted by Crippen LogP contribution is -2.39. The second kappa shape index (κ2) is 10.7. The van der Waals surface area contributed by atoms with Crippen LogP contribution in [0.4, 0.5) is 11.8 Å². The molecule has 2 saturated carbocycles. The van der Waals surface area contributed by atoms with E-state index in [0.717, 1.165) is 75.0 Å². The Bertz CT molecular complexity index is 1120. The molecule has 3 aromatic heterocycles. The lowest BCUT2D eigenvalue weighted by molar-refractivity contribution is 0.216. The number of nitrogens with two attached hydrogens (primary N) is 1. The van der Waals surface area contributed by atoms with Crippen LogP contribution in [0.2, 0.25) is 0 Å². The van der Waals surface area contributed by atoms with Crippen molar-refractivity contribution in [3.8, 4) is 0 Å². The third-order valence-corrected chi connectivity index (χ3v) is 8.40. The maximum atomic E-state index is 6.13. The molecule has 3 aliphatic rings. The minimum atomic E-state index is 0.328. The number of nitrogens with zero attached hydrogens (tertiary/aromatic N) is 6. The van der Waals surface area contributed by atoms with E-state index in [2.05, 4.69) is 37.4 Å². The number of nitrogens with one attached hydrogen (secondary N) is 2. The Morgan fingerprint density at radius 1 is 0.917 bits per heavy atom. The summed E-state index contributed by atoms with van der Waals surface area (Å²) in [6, 6.07) is 5.47. The first-order valence-electron chi connectivity index (χ1n) is 13.9. The molecule has 9 heteroatoms. The van der Waals surface area contributed by atoms with Crippen molar-refractivity contribution in [2.24, 2.45) is 11.7 Å². The Labute approximate surface area is 213 Å². The fourth-order valence-corrected chi connectivity index (χ4v) is 6.21. The molecule has 0 spiro atoms. The van der Waals surface area contributed by atoms with Gasteiger partial charge in [-0.25, -0.2) is 9.99 Å². The zero-order chi connectivity index (χ0) is 24.3. The molecule has 0 atom stereocenters. The molecule has 0 bridgehead atoms. The molecule has 0 aromatic carbocycles. The van der Waals surface area contributed by atoms with E-state index < -0.39 is 0 Å². The van der Waals surface area contributed by atoms with Crippen LogP contribution in [0.5, 0.6) is 0 Å². The Morgan fingerprint density at radius 3 is 2.42 bits per heavy atom. The maximum absolute atomic E-state index is 6.13. The molecular formula is C27H39N9. The Kier molecular flexibility index (Phi) is 7.01. The van der Waals surface area contributed by atoms with Crippen molar-refractivity contribution in [3.63, 3.8) is 0 Å². The summed E-state index contributed by atoms with van der Waals surface area (Å²) in [6.45, 7) is 1.99. The molecule has 2 aliphatic carbocycles. The second-order valence-electron chi connectivity index (χ2n) is 11.0. The SMILES string of the molecule is NC1CCC(Nc2nc(NN3CCC(Cc4ccncc4)CC3)c3ncn(C4CCCC4)c3n2)CC1. The maximum Gasteiger partial charge on any atom is 0.227 e. The van der Waals surface area contributed by atoms with Gasteiger partial charge in [-0.15, -0.1) is 0 Å². The van der Waals surface area contributed by atoms with E-state index in [9.17, 15) is 0 Å². The number of pyridine rings is 1.